The highest BCUT2D eigenvalue weighted by Crippen LogP contribution is 2.35. The Balaban J connectivity index is 1.61. The second-order valence-electron chi connectivity index (χ2n) is 7.11. The Morgan fingerprint density at radius 1 is 1.38 bits per heavy atom. The molecule has 2 heterocycles. The van der Waals surface area contributed by atoms with E-state index in [0.29, 0.717) is 5.92 Å². The normalized spacial score (nSPS) is 21.1. The zero-order valence-electron chi connectivity index (χ0n) is 13.9. The molecule has 2 aromatic rings. The molecule has 0 bridgehead atoms. The highest BCUT2D eigenvalue weighted by atomic mass is 32.1. The van der Waals surface area contributed by atoms with E-state index in [1.807, 2.05) is 0 Å². The minimum Gasteiger partial charge on any atom is -0.461 e. The molecule has 2 aliphatic carbocycles. The van der Waals surface area contributed by atoms with E-state index in [4.69, 9.17) is 4.74 Å². The topological polar surface area (TPSA) is 61.2 Å². The second kappa shape index (κ2) is 6.31. The lowest BCUT2D eigenvalue weighted by molar-refractivity contribution is -0.149. The number of carbonyl (C=O) groups is 1. The van der Waals surface area contributed by atoms with Crippen LogP contribution in [-0.4, -0.2) is 21.6 Å². The van der Waals surface area contributed by atoms with Crippen molar-refractivity contribution in [3.63, 3.8) is 0 Å². The van der Waals surface area contributed by atoms with Crippen LogP contribution in [0.25, 0.3) is 10.2 Å². The second-order valence-corrected chi connectivity index (χ2v) is 8.19. The van der Waals surface area contributed by atoms with Crippen LogP contribution in [0.1, 0.15) is 49.5 Å². The van der Waals surface area contributed by atoms with Crippen LogP contribution in [0.15, 0.2) is 11.1 Å². The quantitative estimate of drug-likeness (QED) is 0.802. The van der Waals surface area contributed by atoms with E-state index in [1.165, 1.54) is 15.8 Å². The average Bonchev–Trinajstić information content (AvgIpc) is 3.16. The summed E-state index contributed by atoms with van der Waals surface area (Å²) in [5.74, 6) is 0.331. The first kappa shape index (κ1) is 15.8. The molecule has 0 aromatic carbocycles. The third kappa shape index (κ3) is 2.88. The lowest BCUT2D eigenvalue weighted by Gasteiger charge is -2.17. The fourth-order valence-corrected chi connectivity index (χ4v) is 5.19. The van der Waals surface area contributed by atoms with Crippen LogP contribution < -0.4 is 5.56 Å². The van der Waals surface area contributed by atoms with E-state index in [2.05, 4.69) is 11.9 Å². The minimum absolute atomic E-state index is 0.0280. The molecular weight excluding hydrogens is 324 g/mol. The van der Waals surface area contributed by atoms with Gasteiger partial charge < -0.3 is 4.74 Å². The molecule has 4 rings (SSSR count). The van der Waals surface area contributed by atoms with E-state index in [9.17, 15) is 9.59 Å². The number of hydrogen-bond donors (Lipinski definition) is 0. The molecule has 0 radical (unpaired) electrons. The molecule has 0 amide bonds. The van der Waals surface area contributed by atoms with Gasteiger partial charge in [0.25, 0.3) is 5.56 Å². The molecule has 0 N–H and O–H groups in total. The van der Waals surface area contributed by atoms with E-state index in [1.54, 1.807) is 11.3 Å². The minimum atomic E-state index is -0.331. The van der Waals surface area contributed by atoms with E-state index in [-0.39, 0.29) is 24.2 Å². The summed E-state index contributed by atoms with van der Waals surface area (Å²) in [6.45, 7) is 2.21. The van der Waals surface area contributed by atoms with Crippen molar-refractivity contribution in [2.45, 2.75) is 64.5 Å². The molecule has 128 valence electrons. The Bertz CT molecular complexity index is 833. The fraction of sp³-hybridized carbons (Fsp3) is 0.611. The van der Waals surface area contributed by atoms with Crippen molar-refractivity contribution in [3.05, 3.63) is 27.1 Å². The number of fused-ring (bicyclic) bond motifs is 3. The highest BCUT2D eigenvalue weighted by Gasteiger charge is 2.24. The van der Waals surface area contributed by atoms with Crippen molar-refractivity contribution in [1.82, 2.24) is 9.55 Å². The molecule has 5 nitrogen and oxygen atoms in total. The monoisotopic (exact) mass is 346 g/mol. The first-order chi connectivity index (χ1) is 11.6. The number of thiophene rings is 1. The summed E-state index contributed by atoms with van der Waals surface area (Å²) in [5, 5.41) is 0.720. The number of aryl methyl sites for hydroxylation is 1. The summed E-state index contributed by atoms with van der Waals surface area (Å²) >= 11 is 1.63. The van der Waals surface area contributed by atoms with Crippen molar-refractivity contribution < 1.29 is 9.53 Å². The first-order valence-corrected chi connectivity index (χ1v) is 9.62. The van der Waals surface area contributed by atoms with Crippen LogP contribution >= 0.6 is 11.3 Å². The van der Waals surface area contributed by atoms with Gasteiger partial charge in [0.15, 0.2) is 0 Å². The van der Waals surface area contributed by atoms with Gasteiger partial charge >= 0.3 is 5.97 Å². The van der Waals surface area contributed by atoms with Gasteiger partial charge in [-0.05, 0) is 56.4 Å². The Morgan fingerprint density at radius 2 is 2.17 bits per heavy atom. The van der Waals surface area contributed by atoms with Crippen molar-refractivity contribution in [2.24, 2.45) is 5.92 Å². The molecule has 1 unspecified atom stereocenters. The first-order valence-electron chi connectivity index (χ1n) is 8.81. The molecule has 0 spiro atoms. The third-order valence-corrected chi connectivity index (χ3v) is 6.34. The average molecular weight is 346 g/mol. The van der Waals surface area contributed by atoms with Gasteiger partial charge in [0.2, 0.25) is 0 Å². The standard InChI is InChI=1S/C18H22N2O3S/c1-11-6-7-13-14(8-11)24-17-16(13)18(22)20(10-19-17)9-15(21)23-12-4-2-3-5-12/h10-12H,2-9H2,1H3. The van der Waals surface area contributed by atoms with Gasteiger partial charge in [0, 0.05) is 4.88 Å². The molecule has 24 heavy (non-hydrogen) atoms. The van der Waals surface area contributed by atoms with E-state index in [0.717, 1.165) is 60.7 Å². The molecule has 1 fully saturated rings. The summed E-state index contributed by atoms with van der Waals surface area (Å²) in [4.78, 5) is 31.5. The number of esters is 1. The summed E-state index contributed by atoms with van der Waals surface area (Å²) in [6, 6.07) is 0. The fourth-order valence-electron chi connectivity index (χ4n) is 3.85. The van der Waals surface area contributed by atoms with Crippen LogP contribution in [0.2, 0.25) is 0 Å². The lowest BCUT2D eigenvalue weighted by Crippen LogP contribution is -2.27. The number of carbonyl (C=O) groups excluding carboxylic acids is 1. The van der Waals surface area contributed by atoms with Crippen LogP contribution in [0.5, 0.6) is 0 Å². The maximum Gasteiger partial charge on any atom is 0.326 e. The lowest BCUT2D eigenvalue weighted by atomic mass is 9.89. The van der Waals surface area contributed by atoms with Gasteiger partial charge in [-0.2, -0.15) is 0 Å². The predicted molar refractivity (Wildman–Crippen MR) is 93.4 cm³/mol. The van der Waals surface area contributed by atoms with Crippen molar-refractivity contribution in [3.8, 4) is 0 Å². The molecule has 2 aliphatic rings. The van der Waals surface area contributed by atoms with Gasteiger partial charge in [-0.25, -0.2) is 4.98 Å². The van der Waals surface area contributed by atoms with Crippen LogP contribution in [0.3, 0.4) is 0 Å². The zero-order chi connectivity index (χ0) is 16.7. The van der Waals surface area contributed by atoms with E-state index >= 15 is 0 Å². The summed E-state index contributed by atoms with van der Waals surface area (Å²) in [7, 11) is 0. The number of aromatic nitrogens is 2. The molecular formula is C18H22N2O3S. The van der Waals surface area contributed by atoms with Gasteiger partial charge in [-0.15, -0.1) is 11.3 Å². The highest BCUT2D eigenvalue weighted by molar-refractivity contribution is 7.18. The molecule has 0 saturated heterocycles. The molecule has 0 aliphatic heterocycles. The molecule has 1 atom stereocenters. The van der Waals surface area contributed by atoms with E-state index < -0.39 is 0 Å². The Labute approximate surface area is 144 Å². The summed E-state index contributed by atoms with van der Waals surface area (Å²) in [5.41, 5.74) is 1.06. The molecule has 1 saturated carbocycles. The van der Waals surface area contributed by atoms with Gasteiger partial charge in [-0.1, -0.05) is 6.92 Å². The number of ether oxygens (including phenoxy) is 1. The van der Waals surface area contributed by atoms with Crippen LogP contribution in [0.4, 0.5) is 0 Å². The van der Waals surface area contributed by atoms with Crippen LogP contribution in [0, 0.1) is 5.92 Å². The number of rotatable bonds is 3. The Kier molecular flexibility index (Phi) is 4.16. The summed E-state index contributed by atoms with van der Waals surface area (Å²) in [6.07, 6.45) is 8.70. The number of hydrogen-bond acceptors (Lipinski definition) is 5. The van der Waals surface area contributed by atoms with Gasteiger partial charge in [0.05, 0.1) is 11.7 Å². The van der Waals surface area contributed by atoms with Gasteiger partial charge in [-0.3, -0.25) is 14.2 Å². The zero-order valence-corrected chi connectivity index (χ0v) is 14.7. The maximum atomic E-state index is 12.8. The smallest absolute Gasteiger partial charge is 0.326 e. The van der Waals surface area contributed by atoms with Crippen molar-refractivity contribution in [1.29, 1.82) is 0 Å². The van der Waals surface area contributed by atoms with Crippen LogP contribution in [-0.2, 0) is 28.9 Å². The summed E-state index contributed by atoms with van der Waals surface area (Å²) < 4.78 is 6.87. The predicted octanol–water partition coefficient (Wildman–Crippen LogP) is 3.07. The SMILES string of the molecule is CC1CCc2c(sc3ncn(CC(=O)OC4CCCC4)c(=O)c23)C1. The third-order valence-electron chi connectivity index (χ3n) is 5.18. The Hall–Kier alpha value is -1.69. The van der Waals surface area contributed by atoms with Gasteiger partial charge in [0.1, 0.15) is 17.5 Å². The maximum absolute atomic E-state index is 12.8. The van der Waals surface area contributed by atoms with Crippen molar-refractivity contribution >= 4 is 27.5 Å². The number of nitrogens with zero attached hydrogens (tertiary/aromatic N) is 2. The Morgan fingerprint density at radius 3 is 2.96 bits per heavy atom. The van der Waals surface area contributed by atoms with Crippen molar-refractivity contribution in [2.75, 3.05) is 0 Å². The molecule has 6 heteroatoms. The molecule has 2 aromatic heterocycles. The largest absolute Gasteiger partial charge is 0.461 e.